The van der Waals surface area contributed by atoms with Crippen LogP contribution < -0.4 is 10.6 Å². The van der Waals surface area contributed by atoms with Crippen molar-refractivity contribution in [3.05, 3.63) is 62.9 Å². The van der Waals surface area contributed by atoms with Crippen LogP contribution in [0.4, 0.5) is 5.69 Å². The third-order valence-corrected chi connectivity index (χ3v) is 5.85. The van der Waals surface area contributed by atoms with Gasteiger partial charge >= 0.3 is 0 Å². The fourth-order valence-electron chi connectivity index (χ4n) is 3.34. The van der Waals surface area contributed by atoms with E-state index in [4.69, 9.17) is 0 Å². The van der Waals surface area contributed by atoms with Crippen LogP contribution in [0.1, 0.15) is 43.7 Å². The molecule has 0 aliphatic heterocycles. The number of nitrogens with one attached hydrogen (secondary N) is 3. The molecule has 2 heterocycles. The summed E-state index contributed by atoms with van der Waals surface area (Å²) >= 11 is 1.73. The summed E-state index contributed by atoms with van der Waals surface area (Å²) in [6.07, 6.45) is 2.55. The highest BCUT2D eigenvalue weighted by Gasteiger charge is 2.19. The van der Waals surface area contributed by atoms with E-state index < -0.39 is 11.9 Å². The number of amides is 1. The van der Waals surface area contributed by atoms with Crippen LogP contribution in [0.5, 0.6) is 0 Å². The summed E-state index contributed by atoms with van der Waals surface area (Å²) in [5.41, 5.74) is 3.38. The van der Waals surface area contributed by atoms with Gasteiger partial charge in [-0.15, -0.1) is 21.5 Å². The minimum Gasteiger partial charge on any atom is -0.387 e. The van der Waals surface area contributed by atoms with Gasteiger partial charge in [0, 0.05) is 23.2 Å². The van der Waals surface area contributed by atoms with Gasteiger partial charge in [0.25, 0.3) is 5.91 Å². The van der Waals surface area contributed by atoms with Crippen LogP contribution in [0.3, 0.4) is 0 Å². The number of hydrogen-bond donors (Lipinski definition) is 3. The number of anilines is 1. The molecular formula is C21H25N5O2S. The summed E-state index contributed by atoms with van der Waals surface area (Å²) in [5.74, 6) is 0.286. The minimum atomic E-state index is -0.588. The van der Waals surface area contributed by atoms with E-state index in [1.165, 1.54) is 15.3 Å². The Balaban J connectivity index is 1.60. The lowest BCUT2D eigenvalue weighted by atomic mass is 10.0. The highest BCUT2D eigenvalue weighted by atomic mass is 32.1. The molecule has 8 heteroatoms. The first-order valence-electron chi connectivity index (χ1n) is 9.50. The van der Waals surface area contributed by atoms with Crippen LogP contribution in [-0.2, 0) is 17.6 Å². The molecule has 2 aromatic heterocycles. The Morgan fingerprint density at radius 1 is 1.21 bits per heavy atom. The summed E-state index contributed by atoms with van der Waals surface area (Å²) in [6.45, 7) is 4.15. The fourth-order valence-corrected chi connectivity index (χ4v) is 4.45. The maximum absolute atomic E-state index is 12.5. The summed E-state index contributed by atoms with van der Waals surface area (Å²) in [5, 5.41) is 13.9. The molecule has 1 amide bonds. The molecule has 3 aromatic rings. The van der Waals surface area contributed by atoms with Crippen molar-refractivity contribution in [3.8, 4) is 0 Å². The quantitative estimate of drug-likeness (QED) is 0.470. The molecule has 0 aliphatic rings. The molecule has 3 rings (SSSR count). The predicted octanol–water partition coefficient (Wildman–Crippen LogP) is 3.05. The van der Waals surface area contributed by atoms with Crippen molar-refractivity contribution in [2.45, 2.75) is 39.2 Å². The van der Waals surface area contributed by atoms with Crippen molar-refractivity contribution in [2.24, 2.45) is 0 Å². The lowest BCUT2D eigenvalue weighted by molar-refractivity contribution is -0.109. The highest BCUT2D eigenvalue weighted by Crippen LogP contribution is 2.32. The number of aromatic nitrogens is 3. The highest BCUT2D eigenvalue weighted by molar-refractivity contribution is 7.12. The first-order valence-corrected chi connectivity index (χ1v) is 10.3. The van der Waals surface area contributed by atoms with Gasteiger partial charge in [-0.3, -0.25) is 4.79 Å². The lowest BCUT2D eigenvalue weighted by Gasteiger charge is -2.13. The molecule has 152 valence electrons. The third kappa shape index (κ3) is 5.08. The van der Waals surface area contributed by atoms with E-state index in [9.17, 15) is 9.59 Å². The Morgan fingerprint density at radius 3 is 2.66 bits per heavy atom. The van der Waals surface area contributed by atoms with E-state index in [-0.39, 0.29) is 5.82 Å². The zero-order chi connectivity index (χ0) is 20.8. The Labute approximate surface area is 174 Å². The number of carbonyl (C=O) groups is 2. The summed E-state index contributed by atoms with van der Waals surface area (Å²) in [6, 6.07) is 9.22. The van der Waals surface area contributed by atoms with Gasteiger partial charge in [-0.05, 0) is 37.8 Å². The largest absolute Gasteiger partial charge is 0.387 e. The molecular weight excluding hydrogens is 386 g/mol. The maximum Gasteiger partial charge on any atom is 0.289 e. The van der Waals surface area contributed by atoms with Crippen molar-refractivity contribution in [1.29, 1.82) is 0 Å². The average molecular weight is 412 g/mol. The average Bonchev–Trinajstić information content (AvgIpc) is 3.29. The zero-order valence-electron chi connectivity index (χ0n) is 16.8. The van der Waals surface area contributed by atoms with Gasteiger partial charge in [0.05, 0.1) is 11.7 Å². The van der Waals surface area contributed by atoms with Crippen LogP contribution in [0.2, 0.25) is 0 Å². The van der Waals surface area contributed by atoms with E-state index in [2.05, 4.69) is 39.7 Å². The number of carbonyl (C=O) groups excluding carboxylic acids is 2. The van der Waals surface area contributed by atoms with Crippen molar-refractivity contribution in [2.75, 3.05) is 12.4 Å². The van der Waals surface area contributed by atoms with Gasteiger partial charge in [0.2, 0.25) is 5.82 Å². The van der Waals surface area contributed by atoms with Crippen LogP contribution in [0.25, 0.3) is 0 Å². The number of aldehydes is 1. The molecule has 29 heavy (non-hydrogen) atoms. The first kappa shape index (κ1) is 20.7. The van der Waals surface area contributed by atoms with Gasteiger partial charge in [0.15, 0.2) is 0 Å². The molecule has 0 radical (unpaired) electrons. The van der Waals surface area contributed by atoms with Crippen molar-refractivity contribution in [3.63, 3.8) is 0 Å². The van der Waals surface area contributed by atoms with E-state index in [1.807, 2.05) is 37.4 Å². The van der Waals surface area contributed by atoms with Gasteiger partial charge in [-0.2, -0.15) is 0 Å². The Kier molecular flexibility index (Phi) is 6.77. The van der Waals surface area contributed by atoms with Gasteiger partial charge < -0.3 is 20.4 Å². The number of rotatable bonds is 9. The Hall–Kier alpha value is -3.00. The molecule has 7 nitrogen and oxygen atoms in total. The normalized spacial score (nSPS) is 11.8. The number of H-pyrrole nitrogens is 1. The van der Waals surface area contributed by atoms with Gasteiger partial charge in [-0.1, -0.05) is 30.3 Å². The van der Waals surface area contributed by atoms with E-state index in [1.54, 1.807) is 11.3 Å². The molecule has 0 aliphatic carbocycles. The van der Waals surface area contributed by atoms with E-state index >= 15 is 0 Å². The zero-order valence-corrected chi connectivity index (χ0v) is 17.6. The second kappa shape index (κ2) is 9.47. The van der Waals surface area contributed by atoms with Crippen molar-refractivity contribution >= 4 is 29.2 Å². The summed E-state index contributed by atoms with van der Waals surface area (Å²) in [7, 11) is 1.90. The molecule has 0 fully saturated rings. The number of aromatic amines is 1. The first-order chi connectivity index (χ1) is 14.0. The maximum atomic E-state index is 12.5. The van der Waals surface area contributed by atoms with Crippen molar-refractivity contribution in [1.82, 2.24) is 20.5 Å². The summed E-state index contributed by atoms with van der Waals surface area (Å²) < 4.78 is 0. The standard InChI is InChI=1S/C21H25N5O2S/c1-13-17(19(22-3)14(2)29-13)10-9-16(12-27)23-21(28)20-24-18(25-26-20)11-15-7-5-4-6-8-15/h4-8,12,16,22H,9-11H2,1-3H3,(H,23,28)(H,24,25,26). The Bertz CT molecular complexity index is 980. The molecule has 1 aromatic carbocycles. The minimum absolute atomic E-state index is 0.112. The second-order valence-corrected chi connectivity index (χ2v) is 8.28. The van der Waals surface area contributed by atoms with Crippen LogP contribution in [-0.4, -0.2) is 40.5 Å². The van der Waals surface area contributed by atoms with E-state index in [0.717, 1.165) is 17.5 Å². The Morgan fingerprint density at radius 2 is 1.97 bits per heavy atom. The lowest BCUT2D eigenvalue weighted by Crippen LogP contribution is -2.37. The number of benzene rings is 1. The number of aryl methyl sites for hydroxylation is 2. The SMILES string of the molecule is CNc1c(C)sc(C)c1CCC(C=O)NC(=O)c1nnc(Cc2ccccc2)[nH]1. The number of thiophene rings is 1. The smallest absolute Gasteiger partial charge is 0.289 e. The molecule has 3 N–H and O–H groups in total. The molecule has 1 atom stereocenters. The fraction of sp³-hybridized carbons (Fsp3) is 0.333. The van der Waals surface area contributed by atoms with Crippen LogP contribution in [0.15, 0.2) is 30.3 Å². The van der Waals surface area contributed by atoms with Gasteiger partial charge in [0.1, 0.15) is 12.1 Å². The molecule has 1 unspecified atom stereocenters. The molecule has 0 saturated carbocycles. The number of nitrogens with zero attached hydrogens (tertiary/aromatic N) is 2. The third-order valence-electron chi connectivity index (χ3n) is 4.78. The molecule has 0 saturated heterocycles. The monoisotopic (exact) mass is 411 g/mol. The molecule has 0 spiro atoms. The van der Waals surface area contributed by atoms with Crippen LogP contribution >= 0.6 is 11.3 Å². The van der Waals surface area contributed by atoms with Crippen molar-refractivity contribution < 1.29 is 9.59 Å². The van der Waals surface area contributed by atoms with Crippen LogP contribution in [0, 0.1) is 13.8 Å². The predicted molar refractivity (Wildman–Crippen MR) is 115 cm³/mol. The summed E-state index contributed by atoms with van der Waals surface area (Å²) in [4.78, 5) is 29.4. The topological polar surface area (TPSA) is 99.8 Å². The van der Waals surface area contributed by atoms with E-state index in [0.29, 0.717) is 25.1 Å². The molecule has 0 bridgehead atoms. The second-order valence-electron chi connectivity index (χ2n) is 6.86. The van der Waals surface area contributed by atoms with Gasteiger partial charge in [-0.25, -0.2) is 0 Å². The number of hydrogen-bond acceptors (Lipinski definition) is 6.